The van der Waals surface area contributed by atoms with E-state index in [4.69, 9.17) is 9.47 Å². The van der Waals surface area contributed by atoms with Crippen LogP contribution in [0.4, 0.5) is 4.79 Å². The maximum absolute atomic E-state index is 11.9. The maximum atomic E-state index is 11.9. The van der Waals surface area contributed by atoms with Crippen LogP contribution in [0, 0.1) is 5.92 Å². The first-order valence-corrected chi connectivity index (χ1v) is 5.99. The minimum atomic E-state index is -0.482. The Hall–Kier alpha value is -0.810. The van der Waals surface area contributed by atoms with E-state index in [-0.39, 0.29) is 24.7 Å². The van der Waals surface area contributed by atoms with E-state index in [1.807, 2.05) is 20.8 Å². The van der Waals surface area contributed by atoms with Crippen LogP contribution in [0.1, 0.15) is 27.2 Å². The Balaban J connectivity index is 2.54. The number of piperidine rings is 1. The summed E-state index contributed by atoms with van der Waals surface area (Å²) in [5, 5.41) is 9.27. The summed E-state index contributed by atoms with van der Waals surface area (Å²) in [6.07, 6.45) is 0.449. The molecule has 1 heterocycles. The molecule has 1 N–H and O–H groups in total. The second kappa shape index (κ2) is 5.69. The molecule has 0 aromatic heterocycles. The smallest absolute Gasteiger partial charge is 0.410 e. The zero-order valence-corrected chi connectivity index (χ0v) is 11.1. The number of hydrogen-bond acceptors (Lipinski definition) is 4. The van der Waals surface area contributed by atoms with Crippen LogP contribution in [0.15, 0.2) is 0 Å². The lowest BCUT2D eigenvalue weighted by molar-refractivity contribution is -0.0371. The third-order valence-corrected chi connectivity index (χ3v) is 2.85. The highest BCUT2D eigenvalue weighted by Crippen LogP contribution is 2.21. The van der Waals surface area contributed by atoms with Gasteiger partial charge in [0.2, 0.25) is 0 Å². The van der Waals surface area contributed by atoms with Gasteiger partial charge in [-0.3, -0.25) is 0 Å². The Kier molecular flexibility index (Phi) is 4.77. The van der Waals surface area contributed by atoms with Gasteiger partial charge in [-0.2, -0.15) is 0 Å². The molecule has 2 unspecified atom stereocenters. The summed E-state index contributed by atoms with van der Waals surface area (Å²) in [4.78, 5) is 13.5. The van der Waals surface area contributed by atoms with E-state index in [1.165, 1.54) is 0 Å². The van der Waals surface area contributed by atoms with Crippen molar-refractivity contribution in [2.45, 2.75) is 38.9 Å². The molecule has 1 amide bonds. The molecule has 0 aromatic rings. The fourth-order valence-electron chi connectivity index (χ4n) is 1.99. The molecule has 1 aliphatic rings. The number of aliphatic hydroxyl groups is 1. The van der Waals surface area contributed by atoms with Gasteiger partial charge >= 0.3 is 6.09 Å². The molecule has 2 atom stereocenters. The number of likely N-dealkylation sites (tertiary alicyclic amines) is 1. The molecule has 17 heavy (non-hydrogen) atoms. The van der Waals surface area contributed by atoms with Crippen LogP contribution in [0.25, 0.3) is 0 Å². The van der Waals surface area contributed by atoms with E-state index in [9.17, 15) is 9.90 Å². The van der Waals surface area contributed by atoms with Crippen molar-refractivity contribution in [1.82, 2.24) is 4.90 Å². The number of amides is 1. The van der Waals surface area contributed by atoms with E-state index in [2.05, 4.69) is 0 Å². The van der Waals surface area contributed by atoms with Crippen LogP contribution in [0.5, 0.6) is 0 Å². The van der Waals surface area contributed by atoms with Gasteiger partial charge in [0.05, 0.1) is 12.7 Å². The largest absolute Gasteiger partial charge is 0.444 e. The number of methoxy groups -OCH3 is 1. The Bertz CT molecular complexity index is 262. The molecule has 0 aromatic carbocycles. The van der Waals surface area contributed by atoms with E-state index in [0.29, 0.717) is 13.1 Å². The summed E-state index contributed by atoms with van der Waals surface area (Å²) in [6.45, 7) is 6.66. The molecule has 0 saturated carbocycles. The average molecular weight is 245 g/mol. The maximum Gasteiger partial charge on any atom is 0.410 e. The average Bonchev–Trinajstić information content (AvgIpc) is 2.25. The molecular weight excluding hydrogens is 222 g/mol. The lowest BCUT2D eigenvalue weighted by Crippen LogP contribution is -2.49. The van der Waals surface area contributed by atoms with Gasteiger partial charge in [-0.25, -0.2) is 4.79 Å². The van der Waals surface area contributed by atoms with Crippen LogP contribution in [-0.4, -0.2) is 54.6 Å². The Morgan fingerprint density at radius 1 is 1.47 bits per heavy atom. The molecule has 0 aliphatic carbocycles. The summed E-state index contributed by atoms with van der Waals surface area (Å²) in [5.74, 6) is -0.0266. The van der Waals surface area contributed by atoms with Crippen molar-refractivity contribution in [2.24, 2.45) is 5.92 Å². The minimum Gasteiger partial charge on any atom is -0.444 e. The van der Waals surface area contributed by atoms with Crippen molar-refractivity contribution >= 4 is 6.09 Å². The van der Waals surface area contributed by atoms with Gasteiger partial charge in [-0.15, -0.1) is 0 Å². The van der Waals surface area contributed by atoms with E-state index in [0.717, 1.165) is 6.42 Å². The highest BCUT2D eigenvalue weighted by atomic mass is 16.6. The number of ether oxygens (including phenoxy) is 2. The summed E-state index contributed by atoms with van der Waals surface area (Å²) in [6, 6.07) is 0. The zero-order chi connectivity index (χ0) is 13.1. The van der Waals surface area contributed by atoms with Gasteiger partial charge in [-0.05, 0) is 27.2 Å². The number of rotatable bonds is 2. The van der Waals surface area contributed by atoms with Crippen molar-refractivity contribution in [3.8, 4) is 0 Å². The Morgan fingerprint density at radius 2 is 2.12 bits per heavy atom. The number of nitrogens with zero attached hydrogens (tertiary/aromatic N) is 1. The van der Waals surface area contributed by atoms with Crippen molar-refractivity contribution in [2.75, 3.05) is 26.8 Å². The SMILES string of the molecule is COC1CCN(C(=O)OC(C)(C)C)CC1CO. The summed E-state index contributed by atoms with van der Waals surface area (Å²) in [5.41, 5.74) is -0.482. The van der Waals surface area contributed by atoms with Crippen LogP contribution >= 0.6 is 0 Å². The molecule has 0 radical (unpaired) electrons. The highest BCUT2D eigenvalue weighted by Gasteiger charge is 2.33. The molecular formula is C12H23NO4. The van der Waals surface area contributed by atoms with Crippen molar-refractivity contribution in [3.63, 3.8) is 0 Å². The lowest BCUT2D eigenvalue weighted by Gasteiger charge is -2.37. The monoisotopic (exact) mass is 245 g/mol. The first-order chi connectivity index (χ1) is 7.87. The summed E-state index contributed by atoms with van der Waals surface area (Å²) < 4.78 is 10.6. The molecule has 0 bridgehead atoms. The molecule has 0 spiro atoms. The third kappa shape index (κ3) is 4.16. The lowest BCUT2D eigenvalue weighted by atomic mass is 9.95. The van der Waals surface area contributed by atoms with Gasteiger partial charge in [-0.1, -0.05) is 0 Å². The van der Waals surface area contributed by atoms with Crippen LogP contribution in [-0.2, 0) is 9.47 Å². The fourth-order valence-corrected chi connectivity index (χ4v) is 1.99. The summed E-state index contributed by atoms with van der Waals surface area (Å²) >= 11 is 0. The topological polar surface area (TPSA) is 59.0 Å². The first-order valence-electron chi connectivity index (χ1n) is 5.99. The molecule has 5 nitrogen and oxygen atoms in total. The highest BCUT2D eigenvalue weighted by molar-refractivity contribution is 5.68. The zero-order valence-electron chi connectivity index (χ0n) is 11.1. The van der Waals surface area contributed by atoms with Crippen molar-refractivity contribution < 1.29 is 19.4 Å². The van der Waals surface area contributed by atoms with Crippen molar-refractivity contribution in [1.29, 1.82) is 0 Å². The second-order valence-electron chi connectivity index (χ2n) is 5.43. The molecule has 1 fully saturated rings. The third-order valence-electron chi connectivity index (χ3n) is 2.85. The minimum absolute atomic E-state index is 0.0256. The second-order valence-corrected chi connectivity index (χ2v) is 5.43. The molecule has 100 valence electrons. The molecule has 1 aliphatic heterocycles. The van der Waals surface area contributed by atoms with Gasteiger partial charge in [0, 0.05) is 26.1 Å². The fraction of sp³-hybridized carbons (Fsp3) is 0.917. The predicted molar refractivity (Wildman–Crippen MR) is 63.8 cm³/mol. The quantitative estimate of drug-likeness (QED) is 0.795. The summed E-state index contributed by atoms with van der Waals surface area (Å²) in [7, 11) is 1.64. The molecule has 1 saturated heterocycles. The van der Waals surface area contributed by atoms with Gasteiger partial charge in [0.15, 0.2) is 0 Å². The molecule has 5 heteroatoms. The number of carbonyl (C=O) groups excluding carboxylic acids is 1. The van der Waals surface area contributed by atoms with Crippen LogP contribution in [0.3, 0.4) is 0 Å². The molecule has 1 rings (SSSR count). The number of carbonyl (C=O) groups is 1. The van der Waals surface area contributed by atoms with Crippen molar-refractivity contribution in [3.05, 3.63) is 0 Å². The number of aliphatic hydroxyl groups excluding tert-OH is 1. The Labute approximate surface area is 103 Å². The van der Waals surface area contributed by atoms with Gasteiger partial charge < -0.3 is 19.5 Å². The van der Waals surface area contributed by atoms with E-state index < -0.39 is 5.60 Å². The Morgan fingerprint density at radius 3 is 2.59 bits per heavy atom. The first kappa shape index (κ1) is 14.3. The van der Waals surface area contributed by atoms with E-state index in [1.54, 1.807) is 12.0 Å². The van der Waals surface area contributed by atoms with Gasteiger partial charge in [0.25, 0.3) is 0 Å². The normalized spacial score (nSPS) is 25.8. The van der Waals surface area contributed by atoms with Crippen LogP contribution in [0.2, 0.25) is 0 Å². The number of hydrogen-bond donors (Lipinski definition) is 1. The predicted octanol–water partition coefficient (Wildman–Crippen LogP) is 1.25. The van der Waals surface area contributed by atoms with E-state index >= 15 is 0 Å². The van der Waals surface area contributed by atoms with Gasteiger partial charge in [0.1, 0.15) is 5.60 Å². The standard InChI is InChI=1S/C12H23NO4/c1-12(2,3)17-11(15)13-6-5-10(16-4)9(7-13)8-14/h9-10,14H,5-8H2,1-4H3. The van der Waals surface area contributed by atoms with Crippen LogP contribution < -0.4 is 0 Å².